The lowest BCUT2D eigenvalue weighted by atomic mass is 9.81. The lowest BCUT2D eigenvalue weighted by Crippen LogP contribution is -2.16. The Morgan fingerprint density at radius 2 is 1.83 bits per heavy atom. The second-order valence-electron chi connectivity index (χ2n) is 6.65. The maximum absolute atomic E-state index is 4.31. The molecule has 0 bridgehead atoms. The first-order chi connectivity index (χ1) is 11.0. The van der Waals surface area contributed by atoms with Crippen molar-refractivity contribution < 1.29 is 0 Å². The number of allylic oxidation sites excluding steroid dienone is 4. The van der Waals surface area contributed by atoms with Crippen LogP contribution in [0.3, 0.4) is 0 Å². The molecular weight excluding hydrogens is 346 g/mol. The van der Waals surface area contributed by atoms with Gasteiger partial charge in [-0.15, -0.1) is 0 Å². The first kappa shape index (κ1) is 14.5. The molecule has 0 fully saturated rings. The molecule has 0 saturated carbocycles. The summed E-state index contributed by atoms with van der Waals surface area (Å²) < 4.78 is 1.12. The number of rotatable bonds is 0. The molecule has 0 atom stereocenters. The number of anilines is 1. The Balaban J connectivity index is 1.98. The third-order valence-electron chi connectivity index (χ3n) is 4.87. The van der Waals surface area contributed by atoms with Crippen LogP contribution in [0.5, 0.6) is 0 Å². The highest BCUT2D eigenvalue weighted by Crippen LogP contribution is 2.51. The van der Waals surface area contributed by atoms with Gasteiger partial charge < -0.3 is 5.32 Å². The highest BCUT2D eigenvalue weighted by atomic mass is 79.9. The topological polar surface area (TPSA) is 12.0 Å². The Morgan fingerprint density at radius 1 is 1.04 bits per heavy atom. The zero-order valence-electron chi connectivity index (χ0n) is 13.3. The van der Waals surface area contributed by atoms with Gasteiger partial charge in [0.25, 0.3) is 0 Å². The van der Waals surface area contributed by atoms with E-state index in [9.17, 15) is 0 Å². The molecule has 1 aliphatic heterocycles. The van der Waals surface area contributed by atoms with E-state index in [2.05, 4.69) is 90.3 Å². The molecule has 1 nitrogen and oxygen atoms in total. The van der Waals surface area contributed by atoms with Crippen molar-refractivity contribution in [3.05, 3.63) is 88.1 Å². The Kier molecular flexibility index (Phi) is 3.14. The summed E-state index contributed by atoms with van der Waals surface area (Å²) in [6, 6.07) is 14.9. The molecule has 0 amide bonds. The van der Waals surface area contributed by atoms with E-state index >= 15 is 0 Å². The van der Waals surface area contributed by atoms with Crippen LogP contribution in [-0.2, 0) is 5.41 Å². The summed E-state index contributed by atoms with van der Waals surface area (Å²) in [5, 5.41) is 3.48. The van der Waals surface area contributed by atoms with E-state index in [1.807, 2.05) is 6.07 Å². The second kappa shape index (κ2) is 4.97. The summed E-state index contributed by atoms with van der Waals surface area (Å²) in [7, 11) is 0. The Morgan fingerprint density at radius 3 is 2.65 bits per heavy atom. The Bertz CT molecular complexity index is 900. The highest BCUT2D eigenvalue weighted by Gasteiger charge is 2.38. The molecule has 0 saturated heterocycles. The van der Waals surface area contributed by atoms with E-state index in [-0.39, 0.29) is 5.41 Å². The average Bonchev–Trinajstić information content (AvgIpc) is 2.71. The fourth-order valence-corrected chi connectivity index (χ4v) is 3.96. The van der Waals surface area contributed by atoms with Gasteiger partial charge in [0.05, 0.1) is 0 Å². The predicted molar refractivity (Wildman–Crippen MR) is 102 cm³/mol. The van der Waals surface area contributed by atoms with Crippen molar-refractivity contribution in [2.24, 2.45) is 0 Å². The zero-order chi connectivity index (χ0) is 16.2. The van der Waals surface area contributed by atoms with Crippen LogP contribution in [0.25, 0.3) is 11.1 Å². The van der Waals surface area contributed by atoms with Crippen LogP contribution in [0.4, 0.5) is 5.69 Å². The van der Waals surface area contributed by atoms with Gasteiger partial charge in [0, 0.05) is 32.9 Å². The Hall–Kier alpha value is -2.06. The molecule has 2 aromatic rings. The molecule has 0 spiro atoms. The minimum absolute atomic E-state index is 0.0398. The zero-order valence-corrected chi connectivity index (χ0v) is 14.9. The van der Waals surface area contributed by atoms with Gasteiger partial charge in [-0.1, -0.05) is 66.7 Å². The minimum atomic E-state index is -0.0398. The van der Waals surface area contributed by atoms with Crippen molar-refractivity contribution in [3.8, 4) is 0 Å². The van der Waals surface area contributed by atoms with Crippen molar-refractivity contribution in [1.29, 1.82) is 0 Å². The summed E-state index contributed by atoms with van der Waals surface area (Å²) in [4.78, 5) is 0. The molecule has 1 N–H and O–H groups in total. The first-order valence-electron chi connectivity index (χ1n) is 7.76. The number of hydrogen-bond donors (Lipinski definition) is 1. The van der Waals surface area contributed by atoms with E-state index in [1.54, 1.807) is 0 Å². The number of halogens is 1. The van der Waals surface area contributed by atoms with Crippen LogP contribution in [0, 0.1) is 0 Å². The van der Waals surface area contributed by atoms with Gasteiger partial charge in [-0.3, -0.25) is 0 Å². The summed E-state index contributed by atoms with van der Waals surface area (Å²) >= 11 is 3.61. The minimum Gasteiger partial charge on any atom is -0.361 e. The van der Waals surface area contributed by atoms with Crippen molar-refractivity contribution >= 4 is 32.8 Å². The number of nitrogens with one attached hydrogen (secondary N) is 1. The fourth-order valence-electron chi connectivity index (χ4n) is 3.60. The molecule has 4 rings (SSSR count). The summed E-state index contributed by atoms with van der Waals surface area (Å²) in [5.41, 5.74) is 8.49. The standard InChI is InChI=1S/C21H18BrN/c1-13-10-18-17(12-23-20-7-5-4-6-15(13)20)16-9-8-14(22)11-19(16)21(18,2)3/h4-12,23H,1H2,2-3H3/b17-12-,18-10+. The van der Waals surface area contributed by atoms with E-state index in [1.165, 1.54) is 22.3 Å². The van der Waals surface area contributed by atoms with Gasteiger partial charge >= 0.3 is 0 Å². The number of para-hydroxylation sites is 1. The van der Waals surface area contributed by atoms with E-state index in [0.29, 0.717) is 0 Å². The van der Waals surface area contributed by atoms with Gasteiger partial charge in [0.15, 0.2) is 0 Å². The smallest absolute Gasteiger partial charge is 0.0459 e. The van der Waals surface area contributed by atoms with Crippen molar-refractivity contribution in [3.63, 3.8) is 0 Å². The molecule has 0 radical (unpaired) electrons. The van der Waals surface area contributed by atoms with Crippen LogP contribution in [0.1, 0.15) is 30.5 Å². The van der Waals surface area contributed by atoms with Gasteiger partial charge in [0.1, 0.15) is 0 Å². The third-order valence-corrected chi connectivity index (χ3v) is 5.37. The number of hydrogen-bond acceptors (Lipinski definition) is 1. The van der Waals surface area contributed by atoms with Crippen molar-refractivity contribution in [2.75, 3.05) is 5.32 Å². The molecule has 2 aliphatic rings. The molecule has 0 unspecified atom stereocenters. The number of fused-ring (bicyclic) bond motifs is 4. The average molecular weight is 364 g/mol. The maximum Gasteiger partial charge on any atom is 0.0459 e. The van der Waals surface area contributed by atoms with E-state index in [0.717, 1.165) is 21.3 Å². The maximum atomic E-state index is 4.31. The van der Waals surface area contributed by atoms with E-state index in [4.69, 9.17) is 0 Å². The van der Waals surface area contributed by atoms with Gasteiger partial charge in [-0.25, -0.2) is 0 Å². The van der Waals surface area contributed by atoms with Crippen molar-refractivity contribution in [2.45, 2.75) is 19.3 Å². The molecular formula is C21H18BrN. The fraction of sp³-hybridized carbons (Fsp3) is 0.143. The monoisotopic (exact) mass is 363 g/mol. The first-order valence-corrected chi connectivity index (χ1v) is 8.56. The molecule has 1 heterocycles. The summed E-state index contributed by atoms with van der Waals surface area (Å²) in [5.74, 6) is 0. The molecule has 2 heteroatoms. The lowest BCUT2D eigenvalue weighted by molar-refractivity contribution is 0.660. The lowest BCUT2D eigenvalue weighted by Gasteiger charge is -2.24. The SMILES string of the molecule is C=C1/C=C2\C(=C/Nc3ccccc31)c1ccc(Br)cc1C2(C)C. The largest absolute Gasteiger partial charge is 0.361 e. The van der Waals surface area contributed by atoms with Crippen LogP contribution < -0.4 is 5.32 Å². The summed E-state index contributed by atoms with van der Waals surface area (Å²) in [6.07, 6.45) is 4.39. The van der Waals surface area contributed by atoms with Crippen LogP contribution in [-0.4, -0.2) is 0 Å². The predicted octanol–water partition coefficient (Wildman–Crippen LogP) is 6.15. The molecule has 23 heavy (non-hydrogen) atoms. The Labute approximate surface area is 145 Å². The van der Waals surface area contributed by atoms with E-state index < -0.39 is 0 Å². The highest BCUT2D eigenvalue weighted by molar-refractivity contribution is 9.10. The van der Waals surface area contributed by atoms with Crippen LogP contribution in [0.2, 0.25) is 0 Å². The number of benzene rings is 2. The molecule has 114 valence electrons. The molecule has 1 aliphatic carbocycles. The van der Waals surface area contributed by atoms with Gasteiger partial charge in [-0.2, -0.15) is 0 Å². The van der Waals surface area contributed by atoms with Crippen LogP contribution >= 0.6 is 15.9 Å². The van der Waals surface area contributed by atoms with Crippen LogP contribution in [0.15, 0.2) is 71.4 Å². The molecule has 0 aromatic heterocycles. The second-order valence-corrected chi connectivity index (χ2v) is 7.56. The molecule has 2 aromatic carbocycles. The van der Waals surface area contributed by atoms with Gasteiger partial charge in [-0.05, 0) is 40.5 Å². The van der Waals surface area contributed by atoms with Gasteiger partial charge in [0.2, 0.25) is 0 Å². The van der Waals surface area contributed by atoms with Crippen molar-refractivity contribution in [1.82, 2.24) is 0 Å². The third kappa shape index (κ3) is 2.13. The normalized spacial score (nSPS) is 22.3. The quantitative estimate of drug-likeness (QED) is 0.591. The summed E-state index contributed by atoms with van der Waals surface area (Å²) in [6.45, 7) is 8.88.